The second-order valence-electron chi connectivity index (χ2n) is 4.76. The Morgan fingerprint density at radius 2 is 2.05 bits per heavy atom. The molecule has 20 heavy (non-hydrogen) atoms. The van der Waals surface area contributed by atoms with E-state index in [-0.39, 0.29) is 12.5 Å². The summed E-state index contributed by atoms with van der Waals surface area (Å²) < 4.78 is 29.2. The number of aliphatic hydroxyl groups is 1. The third-order valence-corrected chi connectivity index (χ3v) is 5.79. The first-order valence-electron chi connectivity index (χ1n) is 6.26. The number of benzene rings is 1. The van der Waals surface area contributed by atoms with Crippen LogP contribution in [0.3, 0.4) is 0 Å². The van der Waals surface area contributed by atoms with Crippen molar-refractivity contribution in [3.05, 3.63) is 27.7 Å². The average molecular weight is 384 g/mol. The van der Waals surface area contributed by atoms with Crippen molar-refractivity contribution in [3.63, 3.8) is 0 Å². The standard InChI is InChI=1S/C12H16BrClN2O3S/c13-11-2-1-10(14)7-12(11)15-20(18,19)16-5-3-9(8-17)4-6-16/h1-2,7,9,15,17H,3-6,8H2. The maximum absolute atomic E-state index is 12.3. The van der Waals surface area contributed by atoms with Crippen LogP contribution >= 0.6 is 27.5 Å². The van der Waals surface area contributed by atoms with Gasteiger partial charge in [-0.25, -0.2) is 0 Å². The van der Waals surface area contributed by atoms with Crippen LogP contribution < -0.4 is 4.72 Å². The highest BCUT2D eigenvalue weighted by Crippen LogP contribution is 2.28. The summed E-state index contributed by atoms with van der Waals surface area (Å²) >= 11 is 9.16. The second-order valence-corrected chi connectivity index (χ2v) is 7.72. The predicted octanol–water partition coefficient (Wildman–Crippen LogP) is 2.46. The van der Waals surface area contributed by atoms with Crippen LogP contribution in [0.15, 0.2) is 22.7 Å². The van der Waals surface area contributed by atoms with Gasteiger partial charge in [0, 0.05) is 29.2 Å². The van der Waals surface area contributed by atoms with Gasteiger partial charge in [0.25, 0.3) is 0 Å². The van der Waals surface area contributed by atoms with Crippen molar-refractivity contribution in [1.29, 1.82) is 0 Å². The molecule has 0 aliphatic carbocycles. The average Bonchev–Trinajstić information content (AvgIpc) is 2.43. The number of piperidine rings is 1. The van der Waals surface area contributed by atoms with Crippen LogP contribution in [0.5, 0.6) is 0 Å². The van der Waals surface area contributed by atoms with E-state index in [4.69, 9.17) is 16.7 Å². The summed E-state index contributed by atoms with van der Waals surface area (Å²) in [6.07, 6.45) is 1.35. The van der Waals surface area contributed by atoms with E-state index < -0.39 is 10.2 Å². The quantitative estimate of drug-likeness (QED) is 0.839. The molecule has 0 bridgehead atoms. The van der Waals surface area contributed by atoms with E-state index in [0.29, 0.717) is 41.1 Å². The Kier molecular flexibility index (Phi) is 5.30. The number of hydrogen-bond acceptors (Lipinski definition) is 3. The summed E-state index contributed by atoms with van der Waals surface area (Å²) in [5.74, 6) is 0.194. The summed E-state index contributed by atoms with van der Waals surface area (Å²) in [6, 6.07) is 4.93. The zero-order chi connectivity index (χ0) is 14.8. The third kappa shape index (κ3) is 3.85. The number of aliphatic hydroxyl groups excluding tert-OH is 1. The number of nitrogens with zero attached hydrogens (tertiary/aromatic N) is 1. The van der Waals surface area contributed by atoms with E-state index in [1.807, 2.05) is 0 Å². The van der Waals surface area contributed by atoms with Gasteiger partial charge in [-0.3, -0.25) is 4.72 Å². The lowest BCUT2D eigenvalue weighted by atomic mass is 10.00. The van der Waals surface area contributed by atoms with Crippen LogP contribution in [0.1, 0.15) is 12.8 Å². The van der Waals surface area contributed by atoms with Gasteiger partial charge in [0.15, 0.2) is 0 Å². The van der Waals surface area contributed by atoms with Gasteiger partial charge in [-0.05, 0) is 52.9 Å². The molecule has 1 aromatic carbocycles. The molecule has 0 unspecified atom stereocenters. The Morgan fingerprint density at radius 3 is 2.65 bits per heavy atom. The normalized spacial score (nSPS) is 18.1. The predicted molar refractivity (Wildman–Crippen MR) is 83.1 cm³/mol. The largest absolute Gasteiger partial charge is 0.396 e. The Balaban J connectivity index is 2.10. The molecule has 8 heteroatoms. The highest BCUT2D eigenvalue weighted by molar-refractivity contribution is 9.10. The first-order chi connectivity index (χ1) is 9.42. The van der Waals surface area contributed by atoms with Gasteiger partial charge in [-0.15, -0.1) is 0 Å². The molecule has 0 radical (unpaired) electrons. The lowest BCUT2D eigenvalue weighted by molar-refractivity contribution is 0.170. The first-order valence-corrected chi connectivity index (χ1v) is 8.87. The van der Waals surface area contributed by atoms with Crippen molar-refractivity contribution in [2.75, 3.05) is 24.4 Å². The molecule has 0 spiro atoms. The SMILES string of the molecule is O=S(=O)(Nc1cc(Cl)ccc1Br)N1CCC(CO)CC1. The van der Waals surface area contributed by atoms with Gasteiger partial charge < -0.3 is 5.11 Å². The van der Waals surface area contributed by atoms with E-state index in [1.54, 1.807) is 18.2 Å². The number of rotatable bonds is 4. The molecule has 1 aliphatic rings. The summed E-state index contributed by atoms with van der Waals surface area (Å²) in [5, 5.41) is 9.54. The van der Waals surface area contributed by atoms with Gasteiger partial charge in [0.05, 0.1) is 5.69 Å². The van der Waals surface area contributed by atoms with Gasteiger partial charge >= 0.3 is 10.2 Å². The topological polar surface area (TPSA) is 69.6 Å². The highest BCUT2D eigenvalue weighted by Gasteiger charge is 2.28. The molecule has 1 aromatic rings. The minimum Gasteiger partial charge on any atom is -0.396 e. The fourth-order valence-corrected chi connectivity index (χ4v) is 4.03. The number of nitrogens with one attached hydrogen (secondary N) is 1. The molecule has 0 aromatic heterocycles. The molecule has 2 N–H and O–H groups in total. The van der Waals surface area contributed by atoms with Gasteiger partial charge in [0.1, 0.15) is 0 Å². The first kappa shape index (κ1) is 16.0. The van der Waals surface area contributed by atoms with E-state index in [9.17, 15) is 8.42 Å². The van der Waals surface area contributed by atoms with Crippen LogP contribution in [0.25, 0.3) is 0 Å². The highest BCUT2D eigenvalue weighted by atomic mass is 79.9. The molecular formula is C12H16BrClN2O3S. The van der Waals surface area contributed by atoms with Crippen molar-refractivity contribution in [2.45, 2.75) is 12.8 Å². The van der Waals surface area contributed by atoms with E-state index in [1.165, 1.54) is 4.31 Å². The number of hydrogen-bond donors (Lipinski definition) is 2. The maximum atomic E-state index is 12.3. The molecule has 5 nitrogen and oxygen atoms in total. The molecule has 0 amide bonds. The smallest absolute Gasteiger partial charge is 0.301 e. The van der Waals surface area contributed by atoms with E-state index in [0.717, 1.165) is 0 Å². The molecule has 2 rings (SSSR count). The Morgan fingerprint density at radius 1 is 1.40 bits per heavy atom. The molecule has 0 atom stereocenters. The summed E-state index contributed by atoms with van der Waals surface area (Å²) in [7, 11) is -3.59. The zero-order valence-electron chi connectivity index (χ0n) is 10.7. The minimum absolute atomic E-state index is 0.112. The summed E-state index contributed by atoms with van der Waals surface area (Å²) in [5.41, 5.74) is 0.418. The van der Waals surface area contributed by atoms with Gasteiger partial charge in [-0.1, -0.05) is 11.6 Å². The third-order valence-electron chi connectivity index (χ3n) is 3.34. The molecular weight excluding hydrogens is 368 g/mol. The Labute approximate surface area is 132 Å². The van der Waals surface area contributed by atoms with Crippen molar-refractivity contribution in [3.8, 4) is 0 Å². The van der Waals surface area contributed by atoms with Crippen molar-refractivity contribution < 1.29 is 13.5 Å². The van der Waals surface area contributed by atoms with Crippen LogP contribution in [0.4, 0.5) is 5.69 Å². The molecule has 1 heterocycles. The Hall–Kier alpha value is -0.340. The number of halogens is 2. The van der Waals surface area contributed by atoms with Gasteiger partial charge in [-0.2, -0.15) is 12.7 Å². The monoisotopic (exact) mass is 382 g/mol. The van der Waals surface area contributed by atoms with Crippen LogP contribution in [-0.4, -0.2) is 37.5 Å². The van der Waals surface area contributed by atoms with E-state index in [2.05, 4.69) is 20.7 Å². The maximum Gasteiger partial charge on any atom is 0.301 e. The summed E-state index contributed by atoms with van der Waals surface area (Å²) in [4.78, 5) is 0. The fraction of sp³-hybridized carbons (Fsp3) is 0.500. The van der Waals surface area contributed by atoms with Gasteiger partial charge in [0.2, 0.25) is 0 Å². The molecule has 0 saturated carbocycles. The summed E-state index contributed by atoms with van der Waals surface area (Å²) in [6.45, 7) is 0.943. The van der Waals surface area contributed by atoms with Crippen LogP contribution in [0.2, 0.25) is 5.02 Å². The van der Waals surface area contributed by atoms with Crippen molar-refractivity contribution in [1.82, 2.24) is 4.31 Å². The van der Waals surface area contributed by atoms with Crippen molar-refractivity contribution >= 4 is 43.4 Å². The Bertz CT molecular complexity index is 574. The number of anilines is 1. The molecule has 112 valence electrons. The van der Waals surface area contributed by atoms with Crippen LogP contribution in [0, 0.1) is 5.92 Å². The minimum atomic E-state index is -3.59. The molecule has 1 aliphatic heterocycles. The van der Waals surface area contributed by atoms with Crippen molar-refractivity contribution in [2.24, 2.45) is 5.92 Å². The molecule has 1 saturated heterocycles. The lowest BCUT2D eigenvalue weighted by Gasteiger charge is -2.30. The van der Waals surface area contributed by atoms with Crippen LogP contribution in [-0.2, 0) is 10.2 Å². The molecule has 1 fully saturated rings. The van der Waals surface area contributed by atoms with E-state index >= 15 is 0 Å². The fourth-order valence-electron chi connectivity index (χ4n) is 2.11. The zero-order valence-corrected chi connectivity index (χ0v) is 13.9. The second kappa shape index (κ2) is 6.62. The lowest BCUT2D eigenvalue weighted by Crippen LogP contribution is -2.42.